The lowest BCUT2D eigenvalue weighted by Gasteiger charge is -2.16. The normalized spacial score (nSPS) is 20.8. The third-order valence-corrected chi connectivity index (χ3v) is 3.45. The molecule has 2 nitrogen and oxygen atoms in total. The van der Waals surface area contributed by atoms with Gasteiger partial charge in [-0.25, -0.2) is 0 Å². The third-order valence-electron chi connectivity index (χ3n) is 3.45. The minimum Gasteiger partial charge on any atom is -0.386 e. The van der Waals surface area contributed by atoms with Crippen LogP contribution >= 0.6 is 0 Å². The lowest BCUT2D eigenvalue weighted by molar-refractivity contribution is -0.137. The Labute approximate surface area is 110 Å². The molecule has 5 heteroatoms. The van der Waals surface area contributed by atoms with Crippen LogP contribution in [0.1, 0.15) is 30.4 Å². The van der Waals surface area contributed by atoms with Crippen LogP contribution in [0.4, 0.5) is 13.2 Å². The molecule has 19 heavy (non-hydrogen) atoms. The van der Waals surface area contributed by atoms with Gasteiger partial charge in [-0.1, -0.05) is 19.1 Å². The molecule has 1 aromatic rings. The highest BCUT2D eigenvalue weighted by molar-refractivity contribution is 5.27. The van der Waals surface area contributed by atoms with E-state index in [-0.39, 0.29) is 5.92 Å². The van der Waals surface area contributed by atoms with Crippen LogP contribution in [0.3, 0.4) is 0 Å². The Morgan fingerprint density at radius 2 is 1.95 bits per heavy atom. The van der Waals surface area contributed by atoms with Gasteiger partial charge >= 0.3 is 6.18 Å². The largest absolute Gasteiger partial charge is 0.416 e. The van der Waals surface area contributed by atoms with E-state index in [2.05, 4.69) is 5.32 Å². The van der Waals surface area contributed by atoms with Crippen molar-refractivity contribution in [3.63, 3.8) is 0 Å². The molecule has 104 valence electrons. The van der Waals surface area contributed by atoms with Gasteiger partial charge in [0.2, 0.25) is 0 Å². The van der Waals surface area contributed by atoms with Crippen LogP contribution in [0.5, 0.6) is 0 Å². The highest BCUT2D eigenvalue weighted by Crippen LogP contribution is 2.31. The molecule has 3 N–H and O–H groups in total. The van der Waals surface area contributed by atoms with Gasteiger partial charge in [0.25, 0.3) is 0 Å². The lowest BCUT2D eigenvalue weighted by atomic mass is 9.90. The molecular formula is C14H17F3N2. The Morgan fingerprint density at radius 3 is 2.42 bits per heavy atom. The Balaban J connectivity index is 2.02. The van der Waals surface area contributed by atoms with Crippen LogP contribution in [-0.4, -0.2) is 6.54 Å². The van der Waals surface area contributed by atoms with E-state index >= 15 is 0 Å². The summed E-state index contributed by atoms with van der Waals surface area (Å²) in [5.41, 5.74) is 5.95. The number of hydrogen-bond acceptors (Lipinski definition) is 2. The maximum absolute atomic E-state index is 12.5. The van der Waals surface area contributed by atoms with Gasteiger partial charge < -0.3 is 11.1 Å². The Kier molecular flexibility index (Phi) is 3.73. The quantitative estimate of drug-likeness (QED) is 0.885. The maximum atomic E-state index is 12.5. The SMILES string of the molecule is CC(C[C@H]1C=C(N)NC1)c1ccc(C(F)(F)F)cc1. The Morgan fingerprint density at radius 1 is 1.32 bits per heavy atom. The van der Waals surface area contributed by atoms with Crippen molar-refractivity contribution in [3.8, 4) is 0 Å². The summed E-state index contributed by atoms with van der Waals surface area (Å²) in [5.74, 6) is 1.23. The molecule has 2 rings (SSSR count). The molecule has 0 saturated heterocycles. The topological polar surface area (TPSA) is 38.0 Å². The van der Waals surface area contributed by atoms with Crippen molar-refractivity contribution in [1.29, 1.82) is 0 Å². The van der Waals surface area contributed by atoms with E-state index in [0.717, 1.165) is 30.7 Å². The molecule has 0 bridgehead atoms. The summed E-state index contributed by atoms with van der Waals surface area (Å²) < 4.78 is 37.4. The first-order valence-corrected chi connectivity index (χ1v) is 6.24. The summed E-state index contributed by atoms with van der Waals surface area (Å²) in [4.78, 5) is 0. The summed E-state index contributed by atoms with van der Waals surface area (Å²) in [6.45, 7) is 2.82. The lowest BCUT2D eigenvalue weighted by Crippen LogP contribution is -2.17. The first-order valence-electron chi connectivity index (χ1n) is 6.24. The molecule has 1 aromatic carbocycles. The highest BCUT2D eigenvalue weighted by Gasteiger charge is 2.30. The van der Waals surface area contributed by atoms with Crippen LogP contribution in [0.15, 0.2) is 36.2 Å². The molecule has 0 saturated carbocycles. The molecule has 0 aromatic heterocycles. The van der Waals surface area contributed by atoms with Gasteiger partial charge in [0.15, 0.2) is 0 Å². The second-order valence-corrected chi connectivity index (χ2v) is 5.02. The van der Waals surface area contributed by atoms with E-state index in [0.29, 0.717) is 11.7 Å². The monoisotopic (exact) mass is 270 g/mol. The van der Waals surface area contributed by atoms with E-state index < -0.39 is 11.7 Å². The predicted octanol–water partition coefficient (Wildman–Crippen LogP) is 3.22. The van der Waals surface area contributed by atoms with Crippen LogP contribution in [0.25, 0.3) is 0 Å². The van der Waals surface area contributed by atoms with E-state index in [9.17, 15) is 13.2 Å². The molecule has 0 radical (unpaired) electrons. The van der Waals surface area contributed by atoms with Gasteiger partial charge in [0.1, 0.15) is 0 Å². The highest BCUT2D eigenvalue weighted by atomic mass is 19.4. The average Bonchev–Trinajstić information content (AvgIpc) is 2.74. The minimum atomic E-state index is -4.27. The minimum absolute atomic E-state index is 0.205. The maximum Gasteiger partial charge on any atom is 0.416 e. The molecule has 1 aliphatic rings. The molecule has 0 aliphatic carbocycles. The summed E-state index contributed by atoms with van der Waals surface area (Å²) in [5, 5.41) is 3.05. The van der Waals surface area contributed by atoms with E-state index in [4.69, 9.17) is 5.73 Å². The van der Waals surface area contributed by atoms with Crippen molar-refractivity contribution in [3.05, 3.63) is 47.3 Å². The molecule has 0 fully saturated rings. The van der Waals surface area contributed by atoms with Crippen molar-refractivity contribution >= 4 is 0 Å². The van der Waals surface area contributed by atoms with Gasteiger partial charge in [0, 0.05) is 6.54 Å². The zero-order valence-corrected chi connectivity index (χ0v) is 10.7. The van der Waals surface area contributed by atoms with Crippen LogP contribution in [0.2, 0.25) is 0 Å². The molecule has 1 aliphatic heterocycles. The van der Waals surface area contributed by atoms with Crippen LogP contribution in [0, 0.1) is 5.92 Å². The van der Waals surface area contributed by atoms with Gasteiger partial charge in [-0.3, -0.25) is 0 Å². The van der Waals surface area contributed by atoms with Crippen molar-refractivity contribution in [2.45, 2.75) is 25.4 Å². The number of hydrogen-bond donors (Lipinski definition) is 2. The fourth-order valence-electron chi connectivity index (χ4n) is 2.36. The number of nitrogens with two attached hydrogens (primary N) is 1. The zero-order valence-electron chi connectivity index (χ0n) is 10.7. The number of nitrogens with one attached hydrogen (secondary N) is 1. The summed E-state index contributed by atoms with van der Waals surface area (Å²) in [6.07, 6.45) is -1.42. The Bertz CT molecular complexity index is 463. The molecule has 2 atom stereocenters. The van der Waals surface area contributed by atoms with Crippen LogP contribution < -0.4 is 11.1 Å². The molecule has 1 unspecified atom stereocenters. The summed E-state index contributed by atoms with van der Waals surface area (Å²) in [6, 6.07) is 5.40. The molecule has 0 amide bonds. The van der Waals surface area contributed by atoms with Gasteiger partial charge in [-0.15, -0.1) is 0 Å². The number of benzene rings is 1. The van der Waals surface area contributed by atoms with Gasteiger partial charge in [-0.2, -0.15) is 13.2 Å². The number of halogens is 3. The zero-order chi connectivity index (χ0) is 14.0. The number of rotatable bonds is 3. The molecule has 1 heterocycles. The number of alkyl halides is 3. The van der Waals surface area contributed by atoms with E-state index in [1.165, 1.54) is 0 Å². The second-order valence-electron chi connectivity index (χ2n) is 5.02. The van der Waals surface area contributed by atoms with Gasteiger partial charge in [0.05, 0.1) is 11.4 Å². The average molecular weight is 270 g/mol. The molecule has 0 spiro atoms. The third kappa shape index (κ3) is 3.43. The summed E-state index contributed by atoms with van der Waals surface area (Å²) >= 11 is 0. The fourth-order valence-corrected chi connectivity index (χ4v) is 2.36. The predicted molar refractivity (Wildman–Crippen MR) is 68.2 cm³/mol. The molecular weight excluding hydrogens is 253 g/mol. The summed E-state index contributed by atoms with van der Waals surface area (Å²) in [7, 11) is 0. The van der Waals surface area contributed by atoms with Crippen molar-refractivity contribution in [2.75, 3.05) is 6.54 Å². The first kappa shape index (κ1) is 13.8. The fraction of sp³-hybridized carbons (Fsp3) is 0.429. The van der Waals surface area contributed by atoms with E-state index in [1.807, 2.05) is 13.0 Å². The van der Waals surface area contributed by atoms with Crippen LogP contribution in [-0.2, 0) is 6.18 Å². The van der Waals surface area contributed by atoms with Crippen molar-refractivity contribution < 1.29 is 13.2 Å². The smallest absolute Gasteiger partial charge is 0.386 e. The first-order chi connectivity index (χ1) is 8.86. The van der Waals surface area contributed by atoms with E-state index in [1.54, 1.807) is 12.1 Å². The van der Waals surface area contributed by atoms with Crippen molar-refractivity contribution in [2.24, 2.45) is 11.7 Å². The Hall–Kier alpha value is -1.65. The van der Waals surface area contributed by atoms with Gasteiger partial charge in [-0.05, 0) is 42.0 Å². The standard InChI is InChI=1S/C14H17F3N2/c1-9(6-10-7-13(18)19-8-10)11-2-4-12(5-3-11)14(15,16)17/h2-5,7,9-10,19H,6,8,18H2,1H3/t9?,10-/m0/s1. The van der Waals surface area contributed by atoms with Crippen molar-refractivity contribution in [1.82, 2.24) is 5.32 Å². The second kappa shape index (κ2) is 5.15.